The number of unbranched alkanes of at least 4 members (excludes halogenated alkanes) is 3. The molecule has 1 saturated heterocycles. The number of benzene rings is 1. The van der Waals surface area contributed by atoms with Gasteiger partial charge in [0.2, 0.25) is 9.84 Å². The predicted molar refractivity (Wildman–Crippen MR) is 95.9 cm³/mol. The molecule has 9 heteroatoms. The van der Waals surface area contributed by atoms with Crippen molar-refractivity contribution in [3.8, 4) is 0 Å². The Hall–Kier alpha value is -2.03. The molecule has 1 unspecified atom stereocenters. The van der Waals surface area contributed by atoms with Crippen LogP contribution in [0.5, 0.6) is 0 Å². The highest BCUT2D eigenvalue weighted by Gasteiger charge is 2.47. The number of imide groups is 1. The largest absolute Gasteiger partial charge is 0.341 e. The molecule has 0 aromatic heterocycles. The fraction of sp³-hybridized carbons (Fsp3) is 0.556. The molecule has 1 atom stereocenters. The lowest BCUT2D eigenvalue weighted by atomic mass is 9.94. The number of nitrogens with zero attached hydrogens (tertiary/aromatic N) is 1. The quantitative estimate of drug-likeness (QED) is 0.506. The van der Waals surface area contributed by atoms with Gasteiger partial charge in [-0.3, -0.25) is 9.69 Å². The summed E-state index contributed by atoms with van der Waals surface area (Å²) in [5, 5.41) is 2.72. The van der Waals surface area contributed by atoms with Gasteiger partial charge in [0.25, 0.3) is 5.91 Å². The number of amides is 3. The first-order valence-electron chi connectivity index (χ1n) is 8.87. The first kappa shape index (κ1) is 21.3. The van der Waals surface area contributed by atoms with Crippen LogP contribution in [-0.4, -0.2) is 36.6 Å². The average molecular weight is 402 g/mol. The second kappa shape index (κ2) is 8.33. The van der Waals surface area contributed by atoms with Gasteiger partial charge in [0.05, 0.1) is 11.4 Å². The van der Waals surface area contributed by atoms with E-state index in [-0.39, 0.29) is 12.5 Å². The van der Waals surface area contributed by atoms with Crippen molar-refractivity contribution < 1.29 is 26.8 Å². The Morgan fingerprint density at radius 2 is 1.74 bits per heavy atom. The summed E-state index contributed by atoms with van der Waals surface area (Å²) in [6.45, 7) is 3.73. The third-order valence-electron chi connectivity index (χ3n) is 4.70. The third kappa shape index (κ3) is 4.63. The Balaban J connectivity index is 2.07. The van der Waals surface area contributed by atoms with Crippen LogP contribution in [0.25, 0.3) is 0 Å². The highest BCUT2D eigenvalue weighted by Crippen LogP contribution is 2.26. The number of halogens is 2. The minimum Gasteiger partial charge on any atom is -0.323 e. The lowest BCUT2D eigenvalue weighted by Crippen LogP contribution is -2.43. The van der Waals surface area contributed by atoms with Gasteiger partial charge in [-0.1, -0.05) is 44.7 Å². The zero-order valence-corrected chi connectivity index (χ0v) is 16.2. The number of carbonyl (C=O) groups excluding carboxylic acids is 2. The first-order valence-corrected chi connectivity index (χ1v) is 10.4. The number of alkyl halides is 2. The van der Waals surface area contributed by atoms with Crippen molar-refractivity contribution in [3.05, 3.63) is 29.8 Å². The maximum absolute atomic E-state index is 12.7. The molecule has 1 aromatic carbocycles. The number of nitrogens with one attached hydrogen (secondary N) is 1. The molecule has 0 spiro atoms. The molecule has 1 heterocycles. The lowest BCUT2D eigenvalue weighted by Gasteiger charge is -2.21. The van der Waals surface area contributed by atoms with Crippen LogP contribution in [-0.2, 0) is 21.2 Å². The van der Waals surface area contributed by atoms with Crippen LogP contribution in [0.15, 0.2) is 29.2 Å². The van der Waals surface area contributed by atoms with Gasteiger partial charge in [-0.2, -0.15) is 8.78 Å². The average Bonchev–Trinajstić information content (AvgIpc) is 2.82. The normalized spacial score (nSPS) is 20.4. The molecular formula is C18H24F2N2O4S. The maximum atomic E-state index is 12.7. The molecule has 0 aliphatic carbocycles. The molecular weight excluding hydrogens is 378 g/mol. The molecule has 0 bridgehead atoms. The SMILES string of the molecule is CCCCCCC1(C)NC(=O)N(Cc2ccc(S(=O)(=O)C(F)F)cc2)C1=O. The van der Waals surface area contributed by atoms with E-state index in [0.717, 1.165) is 42.7 Å². The van der Waals surface area contributed by atoms with Gasteiger partial charge in [-0.25, -0.2) is 13.2 Å². The van der Waals surface area contributed by atoms with E-state index in [9.17, 15) is 26.8 Å². The van der Waals surface area contributed by atoms with Gasteiger partial charge in [-0.05, 0) is 31.0 Å². The van der Waals surface area contributed by atoms with Gasteiger partial charge in [0.1, 0.15) is 5.54 Å². The Kier molecular flexibility index (Phi) is 6.56. The van der Waals surface area contributed by atoms with Crippen LogP contribution < -0.4 is 5.32 Å². The monoisotopic (exact) mass is 402 g/mol. The van der Waals surface area contributed by atoms with Crippen molar-refractivity contribution in [3.63, 3.8) is 0 Å². The number of hydrogen-bond acceptors (Lipinski definition) is 4. The standard InChI is InChI=1S/C18H24F2N2O4S/c1-3-4-5-6-11-18(2)15(23)22(17(24)21-18)12-13-7-9-14(10-8-13)27(25,26)16(19)20/h7-10,16H,3-6,11-12H2,1-2H3,(H,21,24). The molecule has 27 heavy (non-hydrogen) atoms. The number of sulfone groups is 1. The minimum atomic E-state index is -4.67. The highest BCUT2D eigenvalue weighted by molar-refractivity contribution is 7.91. The summed E-state index contributed by atoms with van der Waals surface area (Å²) in [6.07, 6.45) is 4.48. The van der Waals surface area contributed by atoms with E-state index >= 15 is 0 Å². The van der Waals surface area contributed by atoms with E-state index in [1.165, 1.54) is 12.1 Å². The summed E-state index contributed by atoms with van der Waals surface area (Å²) in [5.74, 6) is -3.84. The smallest absolute Gasteiger partial charge is 0.323 e. The fourth-order valence-corrected chi connectivity index (χ4v) is 3.76. The van der Waals surface area contributed by atoms with Crippen LogP contribution >= 0.6 is 0 Å². The van der Waals surface area contributed by atoms with Crippen molar-refractivity contribution in [2.45, 2.75) is 68.7 Å². The van der Waals surface area contributed by atoms with Gasteiger partial charge in [0, 0.05) is 0 Å². The fourth-order valence-electron chi connectivity index (χ4n) is 3.04. The van der Waals surface area contributed by atoms with E-state index in [4.69, 9.17) is 0 Å². The third-order valence-corrected chi connectivity index (χ3v) is 6.10. The van der Waals surface area contributed by atoms with Crippen molar-refractivity contribution in [2.24, 2.45) is 0 Å². The van der Waals surface area contributed by atoms with Crippen LogP contribution in [0.2, 0.25) is 0 Å². The van der Waals surface area contributed by atoms with Crippen LogP contribution in [0, 0.1) is 0 Å². The molecule has 3 amide bonds. The van der Waals surface area contributed by atoms with Gasteiger partial charge >= 0.3 is 11.8 Å². The number of hydrogen-bond donors (Lipinski definition) is 1. The zero-order chi connectivity index (χ0) is 20.2. The first-order chi connectivity index (χ1) is 12.6. The Morgan fingerprint density at radius 1 is 1.11 bits per heavy atom. The molecule has 1 aliphatic heterocycles. The summed E-state index contributed by atoms with van der Waals surface area (Å²) in [6, 6.07) is 4.25. The van der Waals surface area contributed by atoms with E-state index in [2.05, 4.69) is 12.2 Å². The molecule has 6 nitrogen and oxygen atoms in total. The topological polar surface area (TPSA) is 83.6 Å². The molecule has 1 fully saturated rings. The Bertz CT molecular complexity index is 796. The summed E-state index contributed by atoms with van der Waals surface area (Å²) in [7, 11) is -4.67. The molecule has 2 rings (SSSR count). The number of urea groups is 1. The van der Waals surface area contributed by atoms with Crippen molar-refractivity contribution >= 4 is 21.8 Å². The molecule has 1 aliphatic rings. The van der Waals surface area contributed by atoms with Crippen LogP contribution in [0.3, 0.4) is 0 Å². The highest BCUT2D eigenvalue weighted by atomic mass is 32.2. The van der Waals surface area contributed by atoms with E-state index in [1.807, 2.05) is 0 Å². The predicted octanol–water partition coefficient (Wildman–Crippen LogP) is 3.46. The van der Waals surface area contributed by atoms with E-state index in [0.29, 0.717) is 12.0 Å². The molecule has 1 N–H and O–H groups in total. The van der Waals surface area contributed by atoms with Crippen molar-refractivity contribution in [1.29, 1.82) is 0 Å². The summed E-state index contributed by atoms with van der Waals surface area (Å²) in [5.41, 5.74) is -0.481. The van der Waals surface area contributed by atoms with Gasteiger partial charge in [0.15, 0.2) is 0 Å². The minimum absolute atomic E-state index is 0.0514. The molecule has 0 saturated carbocycles. The Morgan fingerprint density at radius 3 is 2.30 bits per heavy atom. The van der Waals surface area contributed by atoms with Gasteiger partial charge < -0.3 is 5.32 Å². The number of carbonyl (C=O) groups is 2. The zero-order valence-electron chi connectivity index (χ0n) is 15.4. The lowest BCUT2D eigenvalue weighted by molar-refractivity contribution is -0.131. The van der Waals surface area contributed by atoms with Crippen molar-refractivity contribution in [1.82, 2.24) is 10.2 Å². The summed E-state index contributed by atoms with van der Waals surface area (Å²) < 4.78 is 48.0. The van der Waals surface area contributed by atoms with Crippen molar-refractivity contribution in [2.75, 3.05) is 0 Å². The van der Waals surface area contributed by atoms with Crippen LogP contribution in [0.1, 0.15) is 51.5 Å². The van der Waals surface area contributed by atoms with Gasteiger partial charge in [-0.15, -0.1) is 0 Å². The second-order valence-electron chi connectivity index (χ2n) is 6.91. The summed E-state index contributed by atoms with van der Waals surface area (Å²) >= 11 is 0. The second-order valence-corrected chi connectivity index (χ2v) is 8.83. The molecule has 150 valence electrons. The summed E-state index contributed by atoms with van der Waals surface area (Å²) in [4.78, 5) is 25.4. The Labute approximate surface area is 157 Å². The molecule has 0 radical (unpaired) electrons. The van der Waals surface area contributed by atoms with E-state index < -0.39 is 32.1 Å². The number of rotatable bonds is 9. The molecule has 1 aromatic rings. The van der Waals surface area contributed by atoms with Crippen LogP contribution in [0.4, 0.5) is 13.6 Å². The van der Waals surface area contributed by atoms with E-state index in [1.54, 1.807) is 6.92 Å². The maximum Gasteiger partial charge on any atom is 0.341 e.